The van der Waals surface area contributed by atoms with Gasteiger partial charge < -0.3 is 0 Å². The lowest BCUT2D eigenvalue weighted by Gasteiger charge is -2.05. The number of carbonyl (C=O) groups excluding carboxylic acids is 1. The molecule has 0 saturated carbocycles. The molecule has 0 amide bonds. The van der Waals surface area contributed by atoms with Crippen LogP contribution in [-0.2, 0) is 12.8 Å². The Morgan fingerprint density at radius 2 is 1.90 bits per heavy atom. The van der Waals surface area contributed by atoms with Gasteiger partial charge in [0.25, 0.3) is 0 Å². The number of halogens is 3. The molecule has 0 aliphatic rings. The minimum absolute atomic E-state index is 0.126. The Morgan fingerprint density at radius 1 is 1.25 bits per heavy atom. The zero-order valence-corrected chi connectivity index (χ0v) is 12.4. The van der Waals surface area contributed by atoms with Crippen LogP contribution in [0.15, 0.2) is 34.9 Å². The average Bonchev–Trinajstić information content (AvgIpc) is 2.38. The molecule has 104 valence electrons. The van der Waals surface area contributed by atoms with Crippen LogP contribution < -0.4 is 0 Å². The van der Waals surface area contributed by atoms with Crippen LogP contribution >= 0.6 is 15.9 Å². The van der Waals surface area contributed by atoms with Crippen LogP contribution in [0.5, 0.6) is 0 Å². The highest BCUT2D eigenvalue weighted by Gasteiger charge is 2.19. The molecule has 0 atom stereocenters. The van der Waals surface area contributed by atoms with Gasteiger partial charge in [0, 0.05) is 16.4 Å². The third-order valence-electron chi connectivity index (χ3n) is 2.92. The lowest BCUT2D eigenvalue weighted by molar-refractivity contribution is 0.0984. The van der Waals surface area contributed by atoms with Crippen LogP contribution in [0.1, 0.15) is 28.5 Å². The van der Waals surface area contributed by atoms with E-state index in [1.54, 1.807) is 12.3 Å². The van der Waals surface area contributed by atoms with Crippen molar-refractivity contribution in [1.82, 2.24) is 4.98 Å². The second kappa shape index (κ2) is 6.22. The first-order valence-corrected chi connectivity index (χ1v) is 6.92. The summed E-state index contributed by atoms with van der Waals surface area (Å²) in [5.74, 6) is -2.36. The standard InChI is InChI=1S/C15H12BrF2NO/c1-2-9-3-4-11(19-8-9)7-14(20)15-12(17)5-10(16)6-13(15)18/h3-6,8H,2,7H2,1H3. The summed E-state index contributed by atoms with van der Waals surface area (Å²) in [5.41, 5.74) is 1.02. The SMILES string of the molecule is CCc1ccc(CC(=O)c2c(F)cc(Br)cc2F)nc1. The van der Waals surface area contributed by atoms with Gasteiger partial charge in [-0.15, -0.1) is 0 Å². The van der Waals surface area contributed by atoms with Crippen molar-refractivity contribution in [1.29, 1.82) is 0 Å². The lowest BCUT2D eigenvalue weighted by atomic mass is 10.0. The van der Waals surface area contributed by atoms with Gasteiger partial charge in [-0.1, -0.05) is 28.9 Å². The van der Waals surface area contributed by atoms with Crippen LogP contribution in [0, 0.1) is 11.6 Å². The molecule has 1 aromatic heterocycles. The maximum absolute atomic E-state index is 13.7. The highest BCUT2D eigenvalue weighted by atomic mass is 79.9. The number of carbonyl (C=O) groups is 1. The van der Waals surface area contributed by atoms with E-state index in [-0.39, 0.29) is 10.9 Å². The maximum Gasteiger partial charge on any atom is 0.174 e. The highest BCUT2D eigenvalue weighted by Crippen LogP contribution is 2.20. The molecule has 0 bridgehead atoms. The summed E-state index contributed by atoms with van der Waals surface area (Å²) in [4.78, 5) is 16.1. The summed E-state index contributed by atoms with van der Waals surface area (Å²) in [5, 5.41) is 0. The first-order valence-electron chi connectivity index (χ1n) is 6.12. The van der Waals surface area contributed by atoms with Crippen molar-refractivity contribution < 1.29 is 13.6 Å². The van der Waals surface area contributed by atoms with Crippen LogP contribution in [-0.4, -0.2) is 10.8 Å². The Morgan fingerprint density at radius 3 is 2.40 bits per heavy atom. The minimum atomic E-state index is -0.868. The second-order valence-corrected chi connectivity index (χ2v) is 5.27. The van der Waals surface area contributed by atoms with E-state index in [2.05, 4.69) is 20.9 Å². The van der Waals surface area contributed by atoms with Crippen LogP contribution in [0.4, 0.5) is 8.78 Å². The van der Waals surface area contributed by atoms with Crippen LogP contribution in [0.25, 0.3) is 0 Å². The predicted octanol–water partition coefficient (Wildman–Crippen LogP) is 4.11. The monoisotopic (exact) mass is 339 g/mol. The highest BCUT2D eigenvalue weighted by molar-refractivity contribution is 9.10. The van der Waals surface area contributed by atoms with Gasteiger partial charge in [0.15, 0.2) is 5.78 Å². The molecule has 0 aliphatic heterocycles. The number of aryl methyl sites for hydroxylation is 1. The summed E-state index contributed by atoms with van der Waals surface area (Å²) < 4.78 is 27.6. The number of pyridine rings is 1. The number of rotatable bonds is 4. The third kappa shape index (κ3) is 3.28. The van der Waals surface area contributed by atoms with Gasteiger partial charge in [0.05, 0.1) is 12.0 Å². The first-order chi connectivity index (χ1) is 9.51. The van der Waals surface area contributed by atoms with Gasteiger partial charge in [-0.2, -0.15) is 0 Å². The number of Topliss-reactive ketones (excluding diaryl/α,β-unsaturated/α-hetero) is 1. The van der Waals surface area contributed by atoms with Crippen molar-refractivity contribution in [2.75, 3.05) is 0 Å². The quantitative estimate of drug-likeness (QED) is 0.784. The molecule has 1 aromatic carbocycles. The number of nitrogens with zero attached hydrogens (tertiary/aromatic N) is 1. The van der Waals surface area contributed by atoms with E-state index in [0.29, 0.717) is 5.69 Å². The van der Waals surface area contributed by atoms with Gasteiger partial charge >= 0.3 is 0 Å². The fraction of sp³-hybridized carbons (Fsp3) is 0.200. The van der Waals surface area contributed by atoms with E-state index in [4.69, 9.17) is 0 Å². The molecule has 0 saturated heterocycles. The molecule has 0 N–H and O–H groups in total. The molecule has 2 aromatic rings. The summed E-state index contributed by atoms with van der Waals surface area (Å²) in [6.45, 7) is 1.99. The van der Waals surface area contributed by atoms with E-state index in [9.17, 15) is 13.6 Å². The molecular formula is C15H12BrF2NO. The summed E-state index contributed by atoms with van der Waals surface area (Å²) in [6, 6.07) is 5.70. The Hall–Kier alpha value is -1.62. The van der Waals surface area contributed by atoms with Gasteiger partial charge in [-0.05, 0) is 30.2 Å². The van der Waals surface area contributed by atoms with E-state index in [1.807, 2.05) is 13.0 Å². The van der Waals surface area contributed by atoms with Gasteiger partial charge in [-0.3, -0.25) is 9.78 Å². The Kier molecular flexibility index (Phi) is 4.60. The topological polar surface area (TPSA) is 30.0 Å². The van der Waals surface area contributed by atoms with E-state index in [1.165, 1.54) is 0 Å². The van der Waals surface area contributed by atoms with Crippen molar-refractivity contribution >= 4 is 21.7 Å². The second-order valence-electron chi connectivity index (χ2n) is 4.36. The predicted molar refractivity (Wildman–Crippen MR) is 75.7 cm³/mol. The van der Waals surface area contributed by atoms with Gasteiger partial charge in [0.2, 0.25) is 0 Å². The number of ketones is 1. The van der Waals surface area contributed by atoms with Gasteiger partial charge in [0.1, 0.15) is 11.6 Å². The molecule has 5 heteroatoms. The lowest BCUT2D eigenvalue weighted by Crippen LogP contribution is -2.10. The van der Waals surface area contributed by atoms with Crippen molar-refractivity contribution in [2.24, 2.45) is 0 Å². The summed E-state index contributed by atoms with van der Waals surface area (Å²) >= 11 is 2.98. The third-order valence-corrected chi connectivity index (χ3v) is 3.38. The Balaban J connectivity index is 2.23. The molecule has 0 fully saturated rings. The fourth-order valence-corrected chi connectivity index (χ4v) is 2.23. The van der Waals surface area contributed by atoms with Crippen molar-refractivity contribution in [3.8, 4) is 0 Å². The first kappa shape index (κ1) is 14.8. The largest absolute Gasteiger partial charge is 0.294 e. The van der Waals surface area contributed by atoms with E-state index in [0.717, 1.165) is 24.1 Å². The Bertz CT molecular complexity index is 618. The molecule has 0 spiro atoms. The molecule has 0 unspecified atom stereocenters. The molecular weight excluding hydrogens is 328 g/mol. The average molecular weight is 340 g/mol. The number of hydrogen-bond donors (Lipinski definition) is 0. The van der Waals surface area contributed by atoms with Crippen molar-refractivity contribution in [2.45, 2.75) is 19.8 Å². The Labute approximate surface area is 124 Å². The van der Waals surface area contributed by atoms with E-state index >= 15 is 0 Å². The molecule has 1 heterocycles. The maximum atomic E-state index is 13.7. The van der Waals surface area contributed by atoms with Crippen LogP contribution in [0.2, 0.25) is 0 Å². The summed E-state index contributed by atoms with van der Waals surface area (Å²) in [7, 11) is 0. The molecule has 2 nitrogen and oxygen atoms in total. The van der Waals surface area contributed by atoms with Gasteiger partial charge in [-0.25, -0.2) is 8.78 Å². The molecule has 2 rings (SSSR count). The fourth-order valence-electron chi connectivity index (χ4n) is 1.83. The van der Waals surface area contributed by atoms with E-state index < -0.39 is 23.0 Å². The smallest absolute Gasteiger partial charge is 0.174 e. The number of hydrogen-bond acceptors (Lipinski definition) is 2. The number of aromatic nitrogens is 1. The zero-order chi connectivity index (χ0) is 14.7. The molecule has 20 heavy (non-hydrogen) atoms. The summed E-state index contributed by atoms with van der Waals surface area (Å²) in [6.07, 6.45) is 2.38. The zero-order valence-electron chi connectivity index (χ0n) is 10.8. The number of benzene rings is 1. The molecule has 0 aliphatic carbocycles. The minimum Gasteiger partial charge on any atom is -0.294 e. The van der Waals surface area contributed by atoms with Crippen molar-refractivity contribution in [3.05, 3.63) is 63.4 Å². The molecule has 0 radical (unpaired) electrons. The normalized spacial score (nSPS) is 10.6. The van der Waals surface area contributed by atoms with Crippen molar-refractivity contribution in [3.63, 3.8) is 0 Å². The van der Waals surface area contributed by atoms with Crippen LogP contribution in [0.3, 0.4) is 0 Å².